The fourth-order valence-electron chi connectivity index (χ4n) is 3.40. The smallest absolute Gasteiger partial charge is 0.168 e. The average Bonchev–Trinajstić information content (AvgIpc) is 3.10. The summed E-state index contributed by atoms with van der Waals surface area (Å²) in [4.78, 5) is 0. The van der Waals surface area contributed by atoms with Crippen LogP contribution in [0.1, 0.15) is 51.3 Å². The lowest BCUT2D eigenvalue weighted by molar-refractivity contribution is -0.205. The third-order valence-electron chi connectivity index (χ3n) is 4.56. The number of methoxy groups -OCH3 is 1. The Hall–Kier alpha value is -1.11. The first-order chi connectivity index (χ1) is 10.00. The lowest BCUT2D eigenvalue weighted by atomic mass is 9.79. The summed E-state index contributed by atoms with van der Waals surface area (Å²) < 4.78 is 18.7. The number of aliphatic hydroxyl groups is 1. The topological polar surface area (TPSA) is 65.7 Å². The standard InChI is InChI=1S/C15H24N2O4/c1-11(2)17-13(12(19-3)10-16-17)14(18)4-6-15(7-5-14)20-8-9-21-15/h10-11,18H,4-9H2,1-3H3. The highest BCUT2D eigenvalue weighted by Crippen LogP contribution is 2.47. The second-order valence-electron chi connectivity index (χ2n) is 6.24. The van der Waals surface area contributed by atoms with Crippen molar-refractivity contribution >= 4 is 0 Å². The molecule has 2 aliphatic rings. The fraction of sp³-hybridized carbons (Fsp3) is 0.800. The van der Waals surface area contributed by atoms with Crippen molar-refractivity contribution in [1.29, 1.82) is 0 Å². The zero-order chi connectivity index (χ0) is 15.1. The summed E-state index contributed by atoms with van der Waals surface area (Å²) in [6.45, 7) is 5.39. The highest BCUT2D eigenvalue weighted by molar-refractivity contribution is 5.32. The van der Waals surface area contributed by atoms with Gasteiger partial charge in [0.2, 0.25) is 0 Å². The van der Waals surface area contributed by atoms with Gasteiger partial charge in [-0.25, -0.2) is 0 Å². The Morgan fingerprint density at radius 1 is 1.24 bits per heavy atom. The van der Waals surface area contributed by atoms with E-state index in [9.17, 15) is 5.11 Å². The van der Waals surface area contributed by atoms with Gasteiger partial charge < -0.3 is 19.3 Å². The molecule has 1 aliphatic carbocycles. The molecule has 1 saturated heterocycles. The summed E-state index contributed by atoms with van der Waals surface area (Å²) in [7, 11) is 1.61. The van der Waals surface area contributed by atoms with Gasteiger partial charge in [0, 0.05) is 18.9 Å². The van der Waals surface area contributed by atoms with Crippen molar-refractivity contribution in [3.05, 3.63) is 11.9 Å². The summed E-state index contributed by atoms with van der Waals surface area (Å²) in [6, 6.07) is 0.169. The molecule has 1 aliphatic heterocycles. The maximum atomic E-state index is 11.2. The third-order valence-corrected chi connectivity index (χ3v) is 4.56. The van der Waals surface area contributed by atoms with Gasteiger partial charge in [-0.05, 0) is 26.7 Å². The predicted molar refractivity (Wildman–Crippen MR) is 76.2 cm³/mol. The van der Waals surface area contributed by atoms with Gasteiger partial charge >= 0.3 is 0 Å². The monoisotopic (exact) mass is 296 g/mol. The fourth-order valence-corrected chi connectivity index (χ4v) is 3.40. The van der Waals surface area contributed by atoms with Crippen LogP contribution in [0.3, 0.4) is 0 Å². The van der Waals surface area contributed by atoms with Crippen LogP contribution < -0.4 is 4.74 Å². The molecule has 0 amide bonds. The van der Waals surface area contributed by atoms with Crippen LogP contribution in [0.2, 0.25) is 0 Å². The van der Waals surface area contributed by atoms with Crippen molar-refractivity contribution in [2.75, 3.05) is 20.3 Å². The van der Waals surface area contributed by atoms with Gasteiger partial charge in [-0.3, -0.25) is 4.68 Å². The highest BCUT2D eigenvalue weighted by atomic mass is 16.7. The second-order valence-corrected chi connectivity index (χ2v) is 6.24. The highest BCUT2D eigenvalue weighted by Gasteiger charge is 2.48. The van der Waals surface area contributed by atoms with Crippen LogP contribution >= 0.6 is 0 Å². The van der Waals surface area contributed by atoms with Gasteiger partial charge in [-0.1, -0.05) is 0 Å². The maximum absolute atomic E-state index is 11.2. The van der Waals surface area contributed by atoms with E-state index in [1.807, 2.05) is 18.5 Å². The predicted octanol–water partition coefficient (Wildman–Crippen LogP) is 1.98. The molecule has 0 bridgehead atoms. The van der Waals surface area contributed by atoms with E-state index >= 15 is 0 Å². The lowest BCUT2D eigenvalue weighted by Crippen LogP contribution is -2.43. The van der Waals surface area contributed by atoms with Crippen molar-refractivity contribution in [1.82, 2.24) is 9.78 Å². The molecule has 2 heterocycles. The normalized spacial score (nSPS) is 23.9. The number of aromatic nitrogens is 2. The molecule has 6 heteroatoms. The largest absolute Gasteiger partial charge is 0.493 e. The summed E-state index contributed by atoms with van der Waals surface area (Å²) in [6.07, 6.45) is 4.23. The molecule has 0 aromatic carbocycles. The average molecular weight is 296 g/mol. The van der Waals surface area contributed by atoms with Gasteiger partial charge in [-0.2, -0.15) is 5.10 Å². The molecule has 0 radical (unpaired) electrons. The van der Waals surface area contributed by atoms with Gasteiger partial charge in [0.1, 0.15) is 11.3 Å². The van der Waals surface area contributed by atoms with E-state index in [-0.39, 0.29) is 6.04 Å². The first kappa shape index (κ1) is 14.8. The Labute approximate surface area is 125 Å². The summed E-state index contributed by atoms with van der Waals surface area (Å²) in [5.74, 6) is 0.165. The molecule has 1 N–H and O–H groups in total. The van der Waals surface area contributed by atoms with Gasteiger partial charge in [0.15, 0.2) is 11.5 Å². The van der Waals surface area contributed by atoms with Crippen LogP contribution in [-0.2, 0) is 15.1 Å². The molecule has 2 fully saturated rings. The second kappa shape index (κ2) is 5.26. The number of nitrogens with zero attached hydrogens (tertiary/aromatic N) is 2. The van der Waals surface area contributed by atoms with Crippen LogP contribution in [0.5, 0.6) is 5.75 Å². The van der Waals surface area contributed by atoms with E-state index in [0.29, 0.717) is 44.6 Å². The molecule has 21 heavy (non-hydrogen) atoms. The minimum atomic E-state index is -0.938. The van der Waals surface area contributed by atoms with E-state index in [2.05, 4.69) is 5.10 Å². The van der Waals surface area contributed by atoms with Crippen molar-refractivity contribution in [2.45, 2.75) is 57.0 Å². The van der Waals surface area contributed by atoms with E-state index in [0.717, 1.165) is 5.69 Å². The molecular weight excluding hydrogens is 272 g/mol. The first-order valence-corrected chi connectivity index (χ1v) is 7.62. The molecule has 3 rings (SSSR count). The number of hydrogen-bond donors (Lipinski definition) is 1. The molecule has 0 atom stereocenters. The number of ether oxygens (including phenoxy) is 3. The molecule has 118 valence electrons. The zero-order valence-electron chi connectivity index (χ0n) is 13.0. The molecule has 6 nitrogen and oxygen atoms in total. The Kier molecular flexibility index (Phi) is 3.71. The minimum absolute atomic E-state index is 0.169. The number of hydrogen-bond acceptors (Lipinski definition) is 5. The van der Waals surface area contributed by atoms with Crippen molar-refractivity contribution < 1.29 is 19.3 Å². The third kappa shape index (κ3) is 2.45. The minimum Gasteiger partial charge on any atom is -0.493 e. The van der Waals surface area contributed by atoms with E-state index in [4.69, 9.17) is 14.2 Å². The van der Waals surface area contributed by atoms with E-state index < -0.39 is 11.4 Å². The van der Waals surface area contributed by atoms with E-state index in [1.54, 1.807) is 13.3 Å². The quantitative estimate of drug-likeness (QED) is 0.924. The molecule has 1 aromatic heterocycles. The zero-order valence-corrected chi connectivity index (χ0v) is 13.0. The lowest BCUT2D eigenvalue weighted by Gasteiger charge is -2.41. The first-order valence-electron chi connectivity index (χ1n) is 7.62. The van der Waals surface area contributed by atoms with Crippen molar-refractivity contribution in [2.24, 2.45) is 0 Å². The summed E-state index contributed by atoms with van der Waals surface area (Å²) in [5, 5.41) is 15.5. The van der Waals surface area contributed by atoms with Crippen LogP contribution in [0.4, 0.5) is 0 Å². The van der Waals surface area contributed by atoms with Gasteiger partial charge in [-0.15, -0.1) is 0 Å². The maximum Gasteiger partial charge on any atom is 0.168 e. The molecule has 1 aromatic rings. The molecule has 0 unspecified atom stereocenters. The Bertz CT molecular complexity index is 496. The molecular formula is C15H24N2O4. The molecule has 1 spiro atoms. The van der Waals surface area contributed by atoms with Crippen LogP contribution in [-0.4, -0.2) is 41.0 Å². The van der Waals surface area contributed by atoms with Crippen molar-refractivity contribution in [3.8, 4) is 5.75 Å². The number of rotatable bonds is 3. The Balaban J connectivity index is 1.88. The molecule has 1 saturated carbocycles. The van der Waals surface area contributed by atoms with E-state index in [1.165, 1.54) is 0 Å². The summed E-state index contributed by atoms with van der Waals surface area (Å²) >= 11 is 0. The van der Waals surface area contributed by atoms with Crippen LogP contribution in [0.15, 0.2) is 6.20 Å². The SMILES string of the molecule is COc1cnn(C(C)C)c1C1(O)CCC2(CC1)OCCO2. The van der Waals surface area contributed by atoms with Gasteiger partial charge in [0.25, 0.3) is 0 Å². The Morgan fingerprint density at radius 2 is 1.86 bits per heavy atom. The van der Waals surface area contributed by atoms with Crippen LogP contribution in [0.25, 0.3) is 0 Å². The van der Waals surface area contributed by atoms with Crippen molar-refractivity contribution in [3.63, 3.8) is 0 Å². The van der Waals surface area contributed by atoms with Crippen LogP contribution in [0, 0.1) is 0 Å². The summed E-state index contributed by atoms with van der Waals surface area (Å²) in [5.41, 5.74) is -0.167. The van der Waals surface area contributed by atoms with Gasteiger partial charge in [0.05, 0.1) is 26.5 Å². The Morgan fingerprint density at radius 3 is 2.38 bits per heavy atom.